The lowest BCUT2D eigenvalue weighted by Crippen LogP contribution is -2.42. The zero-order valence-corrected chi connectivity index (χ0v) is 11.6. The Morgan fingerprint density at radius 3 is 2.74 bits per heavy atom. The highest BCUT2D eigenvalue weighted by Crippen LogP contribution is 2.01. The van der Waals surface area contributed by atoms with Gasteiger partial charge in [0.05, 0.1) is 6.04 Å². The minimum Gasteiger partial charge on any atom is -0.381 e. The van der Waals surface area contributed by atoms with Crippen LogP contribution in [0.2, 0.25) is 0 Å². The van der Waals surface area contributed by atoms with E-state index < -0.39 is 6.04 Å². The number of benzene rings is 1. The molecule has 0 fully saturated rings. The van der Waals surface area contributed by atoms with E-state index in [-0.39, 0.29) is 5.91 Å². The van der Waals surface area contributed by atoms with Gasteiger partial charge in [-0.3, -0.25) is 4.79 Å². The molecule has 106 valence electrons. The largest absolute Gasteiger partial charge is 0.381 e. The average Bonchev–Trinajstić information content (AvgIpc) is 2.43. The molecule has 1 rings (SSSR count). The molecule has 4 heteroatoms. The predicted octanol–water partition coefficient (Wildman–Crippen LogP) is 1.49. The van der Waals surface area contributed by atoms with Gasteiger partial charge in [0, 0.05) is 19.8 Å². The van der Waals surface area contributed by atoms with E-state index in [0.29, 0.717) is 19.6 Å². The summed E-state index contributed by atoms with van der Waals surface area (Å²) in [6, 6.07) is 9.32. The summed E-state index contributed by atoms with van der Waals surface area (Å²) in [7, 11) is 0. The van der Waals surface area contributed by atoms with E-state index in [4.69, 9.17) is 10.5 Å². The van der Waals surface area contributed by atoms with Crippen LogP contribution >= 0.6 is 0 Å². The van der Waals surface area contributed by atoms with E-state index >= 15 is 0 Å². The molecule has 0 saturated heterocycles. The lowest BCUT2D eigenvalue weighted by molar-refractivity contribution is -0.122. The van der Waals surface area contributed by atoms with Crippen LogP contribution < -0.4 is 11.1 Å². The van der Waals surface area contributed by atoms with Gasteiger partial charge < -0.3 is 15.8 Å². The minimum absolute atomic E-state index is 0.0978. The molecule has 0 aromatic heterocycles. The summed E-state index contributed by atoms with van der Waals surface area (Å²) in [5.74, 6) is -0.0978. The van der Waals surface area contributed by atoms with Crippen LogP contribution in [0.3, 0.4) is 0 Å². The molecule has 1 atom stereocenters. The Morgan fingerprint density at radius 1 is 1.32 bits per heavy atom. The number of carbonyl (C=O) groups is 1. The van der Waals surface area contributed by atoms with Crippen LogP contribution in [0.15, 0.2) is 30.3 Å². The fourth-order valence-electron chi connectivity index (χ4n) is 1.72. The first-order chi connectivity index (χ1) is 9.24. The molecule has 0 bridgehead atoms. The highest BCUT2D eigenvalue weighted by molar-refractivity contribution is 5.81. The Morgan fingerprint density at radius 2 is 2.05 bits per heavy atom. The smallest absolute Gasteiger partial charge is 0.237 e. The molecule has 1 aromatic rings. The topological polar surface area (TPSA) is 64.3 Å². The Kier molecular flexibility index (Phi) is 7.86. The Labute approximate surface area is 115 Å². The third-order valence-electron chi connectivity index (χ3n) is 2.75. The van der Waals surface area contributed by atoms with Gasteiger partial charge in [-0.15, -0.1) is 0 Å². The number of amides is 1. The van der Waals surface area contributed by atoms with E-state index in [1.54, 1.807) is 0 Å². The molecule has 0 heterocycles. The third-order valence-corrected chi connectivity index (χ3v) is 2.75. The van der Waals surface area contributed by atoms with Crippen molar-refractivity contribution in [3.63, 3.8) is 0 Å². The van der Waals surface area contributed by atoms with Crippen LogP contribution in [0, 0.1) is 0 Å². The van der Waals surface area contributed by atoms with E-state index in [1.165, 1.54) is 0 Å². The van der Waals surface area contributed by atoms with Crippen molar-refractivity contribution in [1.82, 2.24) is 5.32 Å². The summed E-state index contributed by atoms with van der Waals surface area (Å²) in [5.41, 5.74) is 6.95. The normalized spacial score (nSPS) is 12.1. The zero-order chi connectivity index (χ0) is 13.9. The third kappa shape index (κ3) is 6.94. The molecule has 0 aliphatic carbocycles. The molecule has 1 aromatic carbocycles. The van der Waals surface area contributed by atoms with Gasteiger partial charge in [-0.2, -0.15) is 0 Å². The Bertz CT molecular complexity index is 354. The first-order valence-corrected chi connectivity index (χ1v) is 6.89. The average molecular weight is 264 g/mol. The van der Waals surface area contributed by atoms with E-state index in [9.17, 15) is 4.79 Å². The van der Waals surface area contributed by atoms with Gasteiger partial charge in [0.15, 0.2) is 0 Å². The standard InChI is InChI=1S/C15H24N2O2/c1-2-10-19-11-6-9-17-15(18)14(16)12-13-7-4-3-5-8-13/h3-5,7-8,14H,2,6,9-12,16H2,1H3,(H,17,18). The molecule has 3 N–H and O–H groups in total. The van der Waals surface area contributed by atoms with Crippen LogP contribution in [0.1, 0.15) is 25.3 Å². The molecular weight excluding hydrogens is 240 g/mol. The van der Waals surface area contributed by atoms with Gasteiger partial charge in [-0.05, 0) is 24.8 Å². The first kappa shape index (κ1) is 15.7. The molecule has 0 aliphatic rings. The quantitative estimate of drug-likeness (QED) is 0.664. The molecule has 19 heavy (non-hydrogen) atoms. The van der Waals surface area contributed by atoms with Crippen LogP contribution in [0.4, 0.5) is 0 Å². The predicted molar refractivity (Wildman–Crippen MR) is 76.9 cm³/mol. The van der Waals surface area contributed by atoms with Crippen LogP contribution in [0.25, 0.3) is 0 Å². The molecule has 0 radical (unpaired) electrons. The highest BCUT2D eigenvalue weighted by atomic mass is 16.5. The summed E-state index contributed by atoms with van der Waals surface area (Å²) in [5, 5.41) is 2.84. The van der Waals surface area contributed by atoms with Crippen molar-refractivity contribution < 1.29 is 9.53 Å². The van der Waals surface area contributed by atoms with Crippen molar-refractivity contribution >= 4 is 5.91 Å². The minimum atomic E-state index is -0.487. The van der Waals surface area contributed by atoms with E-state index in [1.807, 2.05) is 30.3 Å². The molecule has 0 aliphatic heterocycles. The van der Waals surface area contributed by atoms with Gasteiger partial charge >= 0.3 is 0 Å². The molecule has 0 spiro atoms. The van der Waals surface area contributed by atoms with Gasteiger partial charge in [-0.25, -0.2) is 0 Å². The number of hydrogen-bond donors (Lipinski definition) is 2. The number of hydrogen-bond acceptors (Lipinski definition) is 3. The van der Waals surface area contributed by atoms with Crippen molar-refractivity contribution in [2.24, 2.45) is 5.73 Å². The van der Waals surface area contributed by atoms with Crippen molar-refractivity contribution in [2.45, 2.75) is 32.2 Å². The maximum Gasteiger partial charge on any atom is 0.237 e. The number of carbonyl (C=O) groups excluding carboxylic acids is 1. The summed E-state index contributed by atoms with van der Waals surface area (Å²) in [6.07, 6.45) is 2.41. The first-order valence-electron chi connectivity index (χ1n) is 6.89. The van der Waals surface area contributed by atoms with E-state index in [2.05, 4.69) is 12.2 Å². The maximum absolute atomic E-state index is 11.8. The number of ether oxygens (including phenoxy) is 1. The monoisotopic (exact) mass is 264 g/mol. The number of rotatable bonds is 9. The second-order valence-corrected chi connectivity index (χ2v) is 4.55. The molecule has 1 unspecified atom stereocenters. The van der Waals surface area contributed by atoms with Gasteiger partial charge in [0.2, 0.25) is 5.91 Å². The lowest BCUT2D eigenvalue weighted by atomic mass is 10.1. The summed E-state index contributed by atoms with van der Waals surface area (Å²) in [6.45, 7) is 4.15. The molecule has 0 saturated carbocycles. The highest BCUT2D eigenvalue weighted by Gasteiger charge is 2.12. The summed E-state index contributed by atoms with van der Waals surface area (Å²) < 4.78 is 5.34. The lowest BCUT2D eigenvalue weighted by Gasteiger charge is -2.12. The fourth-order valence-corrected chi connectivity index (χ4v) is 1.72. The van der Waals surface area contributed by atoms with Crippen molar-refractivity contribution in [3.8, 4) is 0 Å². The molecular formula is C15H24N2O2. The van der Waals surface area contributed by atoms with Crippen molar-refractivity contribution in [3.05, 3.63) is 35.9 Å². The van der Waals surface area contributed by atoms with Crippen LogP contribution in [-0.4, -0.2) is 31.7 Å². The van der Waals surface area contributed by atoms with Crippen molar-refractivity contribution in [1.29, 1.82) is 0 Å². The van der Waals surface area contributed by atoms with Crippen molar-refractivity contribution in [2.75, 3.05) is 19.8 Å². The molecule has 4 nitrogen and oxygen atoms in total. The number of nitrogens with one attached hydrogen (secondary N) is 1. The molecule has 1 amide bonds. The summed E-state index contributed by atoms with van der Waals surface area (Å²) >= 11 is 0. The SMILES string of the molecule is CCCOCCCNC(=O)C(N)Cc1ccccc1. The van der Waals surface area contributed by atoms with Gasteiger partial charge in [-0.1, -0.05) is 37.3 Å². The van der Waals surface area contributed by atoms with E-state index in [0.717, 1.165) is 25.0 Å². The van der Waals surface area contributed by atoms with Gasteiger partial charge in [0.25, 0.3) is 0 Å². The number of nitrogens with two attached hydrogens (primary N) is 1. The zero-order valence-electron chi connectivity index (χ0n) is 11.6. The Balaban J connectivity index is 2.15. The van der Waals surface area contributed by atoms with Gasteiger partial charge in [0.1, 0.15) is 0 Å². The second-order valence-electron chi connectivity index (χ2n) is 4.55. The van der Waals surface area contributed by atoms with Crippen LogP contribution in [-0.2, 0) is 16.0 Å². The fraction of sp³-hybridized carbons (Fsp3) is 0.533. The van der Waals surface area contributed by atoms with Crippen LogP contribution in [0.5, 0.6) is 0 Å². The second kappa shape index (κ2) is 9.53. The maximum atomic E-state index is 11.8. The summed E-state index contributed by atoms with van der Waals surface area (Å²) in [4.78, 5) is 11.8. The Hall–Kier alpha value is -1.39.